The Kier molecular flexibility index (Phi) is 7.98. The lowest BCUT2D eigenvalue weighted by atomic mass is 9.93. The molecule has 31 heavy (non-hydrogen) atoms. The van der Waals surface area contributed by atoms with Crippen molar-refractivity contribution in [1.82, 2.24) is 14.7 Å². The summed E-state index contributed by atoms with van der Waals surface area (Å²) < 4.78 is 0. The number of piperazine rings is 1. The summed E-state index contributed by atoms with van der Waals surface area (Å²) >= 11 is 0. The summed E-state index contributed by atoms with van der Waals surface area (Å²) in [6, 6.07) is 6.61. The number of nitrogens with zero attached hydrogens (tertiary/aromatic N) is 3. The maximum absolute atomic E-state index is 13.1. The van der Waals surface area contributed by atoms with Gasteiger partial charge in [0.05, 0.1) is 6.54 Å². The summed E-state index contributed by atoms with van der Waals surface area (Å²) in [7, 11) is 0. The fourth-order valence-electron chi connectivity index (χ4n) is 4.74. The Labute approximate surface area is 188 Å². The molecule has 2 aliphatic rings. The van der Waals surface area contributed by atoms with E-state index in [1.165, 1.54) is 17.5 Å². The van der Waals surface area contributed by atoms with Crippen LogP contribution in [0.5, 0.6) is 0 Å². The zero-order valence-electron chi connectivity index (χ0n) is 20.0. The minimum Gasteiger partial charge on any atom is -0.339 e. The summed E-state index contributed by atoms with van der Waals surface area (Å²) in [4.78, 5) is 31.9. The zero-order chi connectivity index (χ0) is 22.5. The van der Waals surface area contributed by atoms with Gasteiger partial charge in [-0.15, -0.1) is 0 Å². The van der Waals surface area contributed by atoms with Crippen molar-refractivity contribution in [2.75, 3.05) is 44.6 Å². The maximum Gasteiger partial charge on any atom is 0.321 e. The largest absolute Gasteiger partial charge is 0.339 e. The van der Waals surface area contributed by atoms with Gasteiger partial charge in [0.2, 0.25) is 5.91 Å². The standard InChI is InChI=1S/C25H40N4O2/c1-18(2)21-10-8-11-22(19(3)4)24(21)26-25(31)28-15-13-27(14-16-28)17-23(30)29-12-7-6-9-20(29)5/h8,10-11,18-20H,6-7,9,12-17H2,1-5H3,(H,26,31). The van der Waals surface area contributed by atoms with E-state index in [4.69, 9.17) is 0 Å². The third-order valence-corrected chi connectivity index (χ3v) is 6.75. The molecule has 0 radical (unpaired) electrons. The van der Waals surface area contributed by atoms with Gasteiger partial charge in [-0.3, -0.25) is 9.69 Å². The van der Waals surface area contributed by atoms with Gasteiger partial charge in [-0.2, -0.15) is 0 Å². The van der Waals surface area contributed by atoms with E-state index in [-0.39, 0.29) is 11.9 Å². The Hall–Kier alpha value is -2.08. The number of nitrogens with one attached hydrogen (secondary N) is 1. The second-order valence-electron chi connectivity index (χ2n) is 9.75. The number of amides is 3. The van der Waals surface area contributed by atoms with Gasteiger partial charge in [-0.1, -0.05) is 45.9 Å². The topological polar surface area (TPSA) is 55.9 Å². The first-order chi connectivity index (χ1) is 14.8. The molecule has 1 aromatic rings. The summed E-state index contributed by atoms with van der Waals surface area (Å²) in [6.07, 6.45) is 3.44. The monoisotopic (exact) mass is 428 g/mol. The Bertz CT molecular complexity index is 743. The molecule has 2 saturated heterocycles. The van der Waals surface area contributed by atoms with Gasteiger partial charge in [-0.05, 0) is 49.1 Å². The molecule has 1 unspecified atom stereocenters. The minimum atomic E-state index is -0.0365. The van der Waals surface area contributed by atoms with Crippen LogP contribution in [-0.2, 0) is 4.79 Å². The van der Waals surface area contributed by atoms with Crippen LogP contribution in [0, 0.1) is 0 Å². The van der Waals surface area contributed by atoms with E-state index >= 15 is 0 Å². The van der Waals surface area contributed by atoms with Gasteiger partial charge in [0.1, 0.15) is 0 Å². The Morgan fingerprint density at radius 3 is 2.13 bits per heavy atom. The normalized spacial score (nSPS) is 20.4. The Balaban J connectivity index is 1.57. The van der Waals surface area contributed by atoms with Crippen LogP contribution in [0.25, 0.3) is 0 Å². The van der Waals surface area contributed by atoms with Crippen LogP contribution in [-0.4, -0.2) is 71.9 Å². The highest BCUT2D eigenvalue weighted by molar-refractivity contribution is 5.91. The number of urea groups is 1. The number of carbonyl (C=O) groups is 2. The first-order valence-electron chi connectivity index (χ1n) is 12.0. The average molecular weight is 429 g/mol. The number of likely N-dealkylation sites (tertiary alicyclic amines) is 1. The molecule has 6 nitrogen and oxygen atoms in total. The molecule has 1 atom stereocenters. The lowest BCUT2D eigenvalue weighted by Crippen LogP contribution is -2.53. The predicted molar refractivity (Wildman–Crippen MR) is 127 cm³/mol. The molecule has 2 aliphatic heterocycles. The van der Waals surface area contributed by atoms with Gasteiger partial charge >= 0.3 is 6.03 Å². The van der Waals surface area contributed by atoms with Crippen LogP contribution < -0.4 is 5.32 Å². The Morgan fingerprint density at radius 2 is 1.58 bits per heavy atom. The zero-order valence-corrected chi connectivity index (χ0v) is 20.0. The highest BCUT2D eigenvalue weighted by Gasteiger charge is 2.28. The molecule has 0 spiro atoms. The van der Waals surface area contributed by atoms with Crippen LogP contribution in [0.2, 0.25) is 0 Å². The van der Waals surface area contributed by atoms with Gasteiger partial charge in [0.25, 0.3) is 0 Å². The van der Waals surface area contributed by atoms with Gasteiger partial charge < -0.3 is 15.1 Å². The predicted octanol–water partition coefficient (Wildman–Crippen LogP) is 4.48. The molecule has 6 heteroatoms. The summed E-state index contributed by atoms with van der Waals surface area (Å²) in [6.45, 7) is 14.9. The fraction of sp³-hybridized carbons (Fsp3) is 0.680. The number of anilines is 1. The molecule has 0 bridgehead atoms. The van der Waals surface area contributed by atoms with E-state index in [0.29, 0.717) is 37.5 Å². The van der Waals surface area contributed by atoms with Crippen LogP contribution in [0.15, 0.2) is 18.2 Å². The van der Waals surface area contributed by atoms with E-state index in [1.54, 1.807) is 0 Å². The van der Waals surface area contributed by atoms with Crippen molar-refractivity contribution < 1.29 is 9.59 Å². The van der Waals surface area contributed by atoms with Crippen LogP contribution in [0.4, 0.5) is 10.5 Å². The lowest BCUT2D eigenvalue weighted by Gasteiger charge is -2.38. The van der Waals surface area contributed by atoms with Gasteiger partial charge in [0.15, 0.2) is 0 Å². The van der Waals surface area contributed by atoms with Crippen molar-refractivity contribution >= 4 is 17.6 Å². The lowest BCUT2D eigenvalue weighted by molar-refractivity contribution is -0.136. The van der Waals surface area contributed by atoms with Crippen molar-refractivity contribution in [2.45, 2.75) is 71.8 Å². The molecule has 0 aliphatic carbocycles. The van der Waals surface area contributed by atoms with Gasteiger partial charge in [0, 0.05) is 44.5 Å². The van der Waals surface area contributed by atoms with E-state index in [2.05, 4.69) is 63.0 Å². The molecule has 1 aromatic carbocycles. The highest BCUT2D eigenvalue weighted by atomic mass is 16.2. The highest BCUT2D eigenvalue weighted by Crippen LogP contribution is 2.32. The van der Waals surface area contributed by atoms with Gasteiger partial charge in [-0.25, -0.2) is 4.79 Å². The van der Waals surface area contributed by atoms with E-state index in [9.17, 15) is 9.59 Å². The molecular weight excluding hydrogens is 388 g/mol. The number of carbonyl (C=O) groups excluding carboxylic acids is 2. The van der Waals surface area contributed by atoms with Crippen LogP contribution in [0.1, 0.15) is 76.8 Å². The first kappa shape index (κ1) is 23.6. The second kappa shape index (κ2) is 10.5. The molecule has 3 rings (SSSR count). The summed E-state index contributed by atoms with van der Waals surface area (Å²) in [5.41, 5.74) is 3.33. The number of benzene rings is 1. The molecule has 2 heterocycles. The summed E-state index contributed by atoms with van der Waals surface area (Å²) in [5, 5.41) is 3.22. The third kappa shape index (κ3) is 5.79. The molecule has 0 aromatic heterocycles. The molecule has 3 amide bonds. The average Bonchev–Trinajstić information content (AvgIpc) is 2.74. The second-order valence-corrected chi connectivity index (χ2v) is 9.75. The first-order valence-corrected chi connectivity index (χ1v) is 12.0. The third-order valence-electron chi connectivity index (χ3n) is 6.75. The number of piperidine rings is 1. The van der Waals surface area contributed by atoms with Crippen molar-refractivity contribution in [3.05, 3.63) is 29.3 Å². The maximum atomic E-state index is 13.1. The molecule has 1 N–H and O–H groups in total. The quantitative estimate of drug-likeness (QED) is 0.752. The van der Waals surface area contributed by atoms with Crippen molar-refractivity contribution in [3.63, 3.8) is 0 Å². The van der Waals surface area contributed by atoms with E-state index in [1.807, 2.05) is 9.80 Å². The Morgan fingerprint density at radius 1 is 0.968 bits per heavy atom. The number of para-hydroxylation sites is 1. The summed E-state index contributed by atoms with van der Waals surface area (Å²) in [5.74, 6) is 0.917. The van der Waals surface area contributed by atoms with Crippen molar-refractivity contribution in [3.8, 4) is 0 Å². The van der Waals surface area contributed by atoms with E-state index < -0.39 is 0 Å². The number of rotatable bonds is 5. The molecule has 2 fully saturated rings. The van der Waals surface area contributed by atoms with Crippen LogP contribution in [0.3, 0.4) is 0 Å². The molecule has 172 valence electrons. The minimum absolute atomic E-state index is 0.0365. The number of hydrogen-bond donors (Lipinski definition) is 1. The van der Waals surface area contributed by atoms with E-state index in [0.717, 1.165) is 38.2 Å². The number of hydrogen-bond acceptors (Lipinski definition) is 3. The smallest absolute Gasteiger partial charge is 0.321 e. The SMILES string of the molecule is CC(C)c1cccc(C(C)C)c1NC(=O)N1CCN(CC(=O)N2CCCCC2C)CC1. The van der Waals surface area contributed by atoms with Crippen LogP contribution >= 0.6 is 0 Å². The van der Waals surface area contributed by atoms with Crippen molar-refractivity contribution in [2.24, 2.45) is 0 Å². The molecular formula is C25H40N4O2. The van der Waals surface area contributed by atoms with Crippen molar-refractivity contribution in [1.29, 1.82) is 0 Å². The molecule has 0 saturated carbocycles. The fourth-order valence-corrected chi connectivity index (χ4v) is 4.74.